The van der Waals surface area contributed by atoms with Crippen molar-refractivity contribution in [2.24, 2.45) is 5.92 Å². The average molecular weight is 301 g/mol. The molecule has 2 N–H and O–H groups in total. The molecule has 0 aliphatic carbocycles. The van der Waals surface area contributed by atoms with Crippen LogP contribution in [-0.2, 0) is 0 Å². The van der Waals surface area contributed by atoms with Gasteiger partial charge in [-0.1, -0.05) is 0 Å². The van der Waals surface area contributed by atoms with Gasteiger partial charge in [0.2, 0.25) is 0 Å². The summed E-state index contributed by atoms with van der Waals surface area (Å²) in [6.45, 7) is 8.62. The highest BCUT2D eigenvalue weighted by Gasteiger charge is 2.20. The molecule has 0 radical (unpaired) electrons. The quantitative estimate of drug-likeness (QED) is 0.895. The maximum absolute atomic E-state index is 12.5. The third-order valence-corrected chi connectivity index (χ3v) is 4.30. The van der Waals surface area contributed by atoms with E-state index in [1.165, 1.54) is 6.42 Å². The van der Waals surface area contributed by atoms with Crippen molar-refractivity contribution in [2.45, 2.75) is 33.6 Å². The number of rotatable bonds is 4. The number of carbonyl (C=O) groups is 1. The predicted octanol–water partition coefficient (Wildman–Crippen LogP) is 1.38. The van der Waals surface area contributed by atoms with Crippen molar-refractivity contribution in [2.75, 3.05) is 19.6 Å². The molecule has 0 saturated carbocycles. The van der Waals surface area contributed by atoms with Gasteiger partial charge in [0.25, 0.3) is 5.91 Å². The number of hydrogen-bond donors (Lipinski definition) is 2. The van der Waals surface area contributed by atoms with Crippen molar-refractivity contribution >= 4 is 11.6 Å². The van der Waals surface area contributed by atoms with Crippen LogP contribution in [-0.4, -0.2) is 40.1 Å². The van der Waals surface area contributed by atoms with E-state index in [0.717, 1.165) is 36.6 Å². The second-order valence-electron chi connectivity index (χ2n) is 6.14. The van der Waals surface area contributed by atoms with Gasteiger partial charge in [-0.05, 0) is 58.7 Å². The third-order valence-electron chi connectivity index (χ3n) is 4.30. The van der Waals surface area contributed by atoms with Gasteiger partial charge in [0.05, 0.1) is 5.69 Å². The second kappa shape index (κ2) is 6.04. The Morgan fingerprint density at radius 2 is 2.27 bits per heavy atom. The average Bonchev–Trinajstić information content (AvgIpc) is 3.06. The molecular weight excluding hydrogens is 278 g/mol. The normalized spacial score (nSPS) is 18.0. The SMILES string of the molecule is Cc1cc(C)n2nc(C)c(C(=O)NCCC3CCNC3)c2n1. The van der Waals surface area contributed by atoms with Gasteiger partial charge in [0.1, 0.15) is 5.56 Å². The van der Waals surface area contributed by atoms with E-state index in [9.17, 15) is 4.79 Å². The highest BCUT2D eigenvalue weighted by molar-refractivity contribution is 6.01. The van der Waals surface area contributed by atoms with E-state index < -0.39 is 0 Å². The zero-order chi connectivity index (χ0) is 15.7. The number of hydrogen-bond acceptors (Lipinski definition) is 4. The molecule has 0 bridgehead atoms. The third kappa shape index (κ3) is 2.83. The largest absolute Gasteiger partial charge is 0.352 e. The molecule has 0 aromatic carbocycles. The van der Waals surface area contributed by atoms with Crippen LogP contribution in [0.2, 0.25) is 0 Å². The van der Waals surface area contributed by atoms with E-state index in [-0.39, 0.29) is 5.91 Å². The summed E-state index contributed by atoms with van der Waals surface area (Å²) in [7, 11) is 0. The van der Waals surface area contributed by atoms with Gasteiger partial charge < -0.3 is 10.6 Å². The molecule has 6 nitrogen and oxygen atoms in total. The van der Waals surface area contributed by atoms with Crippen molar-refractivity contribution < 1.29 is 4.79 Å². The Morgan fingerprint density at radius 1 is 1.45 bits per heavy atom. The van der Waals surface area contributed by atoms with Crippen LogP contribution in [0, 0.1) is 26.7 Å². The minimum Gasteiger partial charge on any atom is -0.352 e. The monoisotopic (exact) mass is 301 g/mol. The van der Waals surface area contributed by atoms with E-state index in [1.807, 2.05) is 26.8 Å². The molecule has 3 heterocycles. The maximum Gasteiger partial charge on any atom is 0.257 e. The van der Waals surface area contributed by atoms with Crippen LogP contribution in [0.15, 0.2) is 6.07 Å². The van der Waals surface area contributed by atoms with Gasteiger partial charge >= 0.3 is 0 Å². The fourth-order valence-electron chi connectivity index (χ4n) is 3.13. The van der Waals surface area contributed by atoms with E-state index in [2.05, 4.69) is 20.7 Å². The van der Waals surface area contributed by atoms with Gasteiger partial charge in [0, 0.05) is 17.9 Å². The van der Waals surface area contributed by atoms with Crippen molar-refractivity contribution in [3.63, 3.8) is 0 Å². The Morgan fingerprint density at radius 3 is 3.00 bits per heavy atom. The summed E-state index contributed by atoms with van der Waals surface area (Å²) in [5, 5.41) is 10.8. The number of nitrogens with zero attached hydrogens (tertiary/aromatic N) is 3. The Balaban J connectivity index is 1.76. The van der Waals surface area contributed by atoms with Crippen molar-refractivity contribution in [3.05, 3.63) is 28.7 Å². The van der Waals surface area contributed by atoms with E-state index in [4.69, 9.17) is 0 Å². The molecule has 2 aromatic rings. The zero-order valence-corrected chi connectivity index (χ0v) is 13.4. The molecular formula is C16H23N5O. The number of fused-ring (bicyclic) bond motifs is 1. The number of carbonyl (C=O) groups excluding carboxylic acids is 1. The number of aryl methyl sites for hydroxylation is 3. The summed E-state index contributed by atoms with van der Waals surface area (Å²) in [6.07, 6.45) is 2.22. The van der Waals surface area contributed by atoms with Crippen molar-refractivity contribution in [1.29, 1.82) is 0 Å². The molecule has 0 spiro atoms. The van der Waals surface area contributed by atoms with Gasteiger partial charge in [-0.15, -0.1) is 0 Å². The molecule has 1 saturated heterocycles. The van der Waals surface area contributed by atoms with E-state index in [1.54, 1.807) is 4.52 Å². The first-order valence-corrected chi connectivity index (χ1v) is 7.88. The minimum absolute atomic E-state index is 0.0732. The lowest BCUT2D eigenvalue weighted by Crippen LogP contribution is -2.27. The van der Waals surface area contributed by atoms with Crippen molar-refractivity contribution in [1.82, 2.24) is 25.2 Å². The molecule has 1 amide bonds. The first kappa shape index (κ1) is 15.0. The van der Waals surface area contributed by atoms with Crippen LogP contribution < -0.4 is 10.6 Å². The summed E-state index contributed by atoms with van der Waals surface area (Å²) in [5.74, 6) is 0.601. The highest BCUT2D eigenvalue weighted by Crippen LogP contribution is 2.16. The Hall–Kier alpha value is -1.95. The molecule has 1 atom stereocenters. The Kier molecular flexibility index (Phi) is 4.11. The molecule has 1 aliphatic rings. The van der Waals surface area contributed by atoms with Gasteiger partial charge in [0.15, 0.2) is 5.65 Å². The first-order chi connectivity index (χ1) is 10.6. The molecule has 3 rings (SSSR count). The number of nitrogens with one attached hydrogen (secondary N) is 2. The van der Waals surface area contributed by atoms with Gasteiger partial charge in [-0.3, -0.25) is 4.79 Å². The van der Waals surface area contributed by atoms with Crippen LogP contribution in [0.5, 0.6) is 0 Å². The van der Waals surface area contributed by atoms with Gasteiger partial charge in [-0.25, -0.2) is 9.50 Å². The fourth-order valence-corrected chi connectivity index (χ4v) is 3.13. The number of amides is 1. The van der Waals surface area contributed by atoms with Crippen molar-refractivity contribution in [3.8, 4) is 0 Å². The molecule has 1 unspecified atom stereocenters. The summed E-state index contributed by atoms with van der Waals surface area (Å²) in [5.41, 5.74) is 3.85. The molecule has 2 aromatic heterocycles. The van der Waals surface area contributed by atoms with Crippen LogP contribution in [0.1, 0.15) is 40.3 Å². The summed E-state index contributed by atoms with van der Waals surface area (Å²) in [6, 6.07) is 1.97. The lowest BCUT2D eigenvalue weighted by molar-refractivity contribution is 0.0952. The van der Waals surface area contributed by atoms with Crippen LogP contribution in [0.3, 0.4) is 0 Å². The topological polar surface area (TPSA) is 71.3 Å². The van der Waals surface area contributed by atoms with Crippen LogP contribution in [0.4, 0.5) is 0 Å². The first-order valence-electron chi connectivity index (χ1n) is 7.88. The van der Waals surface area contributed by atoms with E-state index in [0.29, 0.717) is 23.7 Å². The lowest BCUT2D eigenvalue weighted by Gasteiger charge is -2.09. The summed E-state index contributed by atoms with van der Waals surface area (Å²) in [4.78, 5) is 17.0. The minimum atomic E-state index is -0.0732. The Bertz CT molecular complexity index is 700. The fraction of sp³-hybridized carbons (Fsp3) is 0.562. The standard InChI is InChI=1S/C16H23N5O/c1-10-8-11(2)21-15(19-10)14(12(3)20-21)16(22)18-7-5-13-4-6-17-9-13/h8,13,17H,4-7,9H2,1-3H3,(H,18,22). The Labute approximate surface area is 130 Å². The zero-order valence-electron chi connectivity index (χ0n) is 13.4. The molecule has 118 valence electrons. The maximum atomic E-state index is 12.5. The predicted molar refractivity (Wildman–Crippen MR) is 85.1 cm³/mol. The molecule has 22 heavy (non-hydrogen) atoms. The summed E-state index contributed by atoms with van der Waals surface area (Å²) < 4.78 is 1.75. The van der Waals surface area contributed by atoms with Crippen LogP contribution >= 0.6 is 0 Å². The molecule has 1 aliphatic heterocycles. The highest BCUT2D eigenvalue weighted by atomic mass is 16.1. The second-order valence-corrected chi connectivity index (χ2v) is 6.14. The molecule has 1 fully saturated rings. The molecule has 6 heteroatoms. The van der Waals surface area contributed by atoms with E-state index >= 15 is 0 Å². The summed E-state index contributed by atoms with van der Waals surface area (Å²) >= 11 is 0. The smallest absolute Gasteiger partial charge is 0.257 e. The lowest BCUT2D eigenvalue weighted by atomic mass is 10.1. The van der Waals surface area contributed by atoms with Crippen LogP contribution in [0.25, 0.3) is 5.65 Å². The van der Waals surface area contributed by atoms with Gasteiger partial charge in [-0.2, -0.15) is 5.10 Å². The number of aromatic nitrogens is 3.